The Morgan fingerprint density at radius 3 is 2.75 bits per heavy atom. The molecule has 0 aromatic heterocycles. The summed E-state index contributed by atoms with van der Waals surface area (Å²) in [6, 6.07) is 0. The maximum Gasteiger partial charge on any atom is 0.349 e. The van der Waals surface area contributed by atoms with Gasteiger partial charge in [-0.15, -0.1) is 0 Å². The summed E-state index contributed by atoms with van der Waals surface area (Å²) in [5, 5.41) is 0. The second kappa shape index (κ2) is 5.55. The monoisotopic (exact) mass is 337 g/mol. The van der Waals surface area contributed by atoms with Crippen LogP contribution in [0.5, 0.6) is 0 Å². The minimum Gasteiger partial charge on any atom is -0.463 e. The summed E-state index contributed by atoms with van der Waals surface area (Å²) >= 11 is 0. The van der Waals surface area contributed by atoms with Crippen molar-refractivity contribution < 1.29 is 23.9 Å². The third-order valence-corrected chi connectivity index (χ3v) is 6.28. The lowest BCUT2D eigenvalue weighted by Crippen LogP contribution is -2.66. The number of carbonyl (C=O) groups excluding carboxylic acids is 3. The highest BCUT2D eigenvalue weighted by atomic mass is 16.6. The van der Waals surface area contributed by atoms with Gasteiger partial charge in [0.2, 0.25) is 0 Å². The normalized spacial score (nSPS) is 39.7. The van der Waals surface area contributed by atoms with E-state index in [1.165, 1.54) is 0 Å². The molecule has 0 unspecified atom stereocenters. The molecule has 1 saturated carbocycles. The van der Waals surface area contributed by atoms with Crippen molar-refractivity contribution in [2.75, 3.05) is 13.2 Å². The van der Waals surface area contributed by atoms with Gasteiger partial charge >= 0.3 is 5.97 Å². The molecule has 0 N–H and O–H groups in total. The third kappa shape index (κ3) is 1.89. The number of likely N-dealkylation sites (tertiary alicyclic amines) is 1. The molecule has 1 spiro atoms. The van der Waals surface area contributed by atoms with Crippen molar-refractivity contribution in [2.45, 2.75) is 64.7 Å². The smallest absolute Gasteiger partial charge is 0.349 e. The number of aldehydes is 1. The predicted octanol–water partition coefficient (Wildman–Crippen LogP) is 1.91. The standard InChI is InChI=1S/C18H27NO5/c1-5-23-15(22)18-14(21)19(9-6-10-20)17(24-18)11-12(2)7-8-13(17)16(18,3)4/h10,12-13H,5-9,11H2,1-4H3/t12-,13+,17+,18-/m0/s1. The Kier molecular flexibility index (Phi) is 4.02. The summed E-state index contributed by atoms with van der Waals surface area (Å²) in [5.74, 6) is -0.456. The molecular weight excluding hydrogens is 310 g/mol. The first kappa shape index (κ1) is 17.4. The van der Waals surface area contributed by atoms with Gasteiger partial charge in [0.05, 0.1) is 6.61 Å². The average molecular weight is 337 g/mol. The van der Waals surface area contributed by atoms with Gasteiger partial charge < -0.3 is 19.2 Å². The van der Waals surface area contributed by atoms with Gasteiger partial charge in [-0.05, 0) is 25.7 Å². The first-order valence-corrected chi connectivity index (χ1v) is 8.91. The van der Waals surface area contributed by atoms with E-state index in [0.29, 0.717) is 18.9 Å². The van der Waals surface area contributed by atoms with Crippen LogP contribution < -0.4 is 0 Å². The Labute approximate surface area is 142 Å². The van der Waals surface area contributed by atoms with Crippen LogP contribution >= 0.6 is 0 Å². The molecule has 0 aromatic rings. The van der Waals surface area contributed by atoms with Crippen molar-refractivity contribution in [1.82, 2.24) is 4.90 Å². The van der Waals surface area contributed by atoms with Gasteiger partial charge in [-0.1, -0.05) is 27.2 Å². The van der Waals surface area contributed by atoms with Crippen molar-refractivity contribution >= 4 is 18.2 Å². The van der Waals surface area contributed by atoms with Gasteiger partial charge in [0.25, 0.3) is 11.5 Å². The van der Waals surface area contributed by atoms with E-state index in [9.17, 15) is 14.4 Å². The minimum absolute atomic E-state index is 0.0648. The third-order valence-electron chi connectivity index (χ3n) is 6.28. The molecule has 0 aromatic carbocycles. The molecule has 2 aliphatic heterocycles. The largest absolute Gasteiger partial charge is 0.463 e. The summed E-state index contributed by atoms with van der Waals surface area (Å²) in [7, 11) is 0. The van der Waals surface area contributed by atoms with Gasteiger partial charge in [0.15, 0.2) is 0 Å². The average Bonchev–Trinajstić information content (AvgIpc) is 2.87. The number of hydrogen-bond donors (Lipinski definition) is 0. The van der Waals surface area contributed by atoms with Crippen molar-refractivity contribution in [1.29, 1.82) is 0 Å². The van der Waals surface area contributed by atoms with Crippen LogP contribution in [0.1, 0.15) is 53.4 Å². The van der Waals surface area contributed by atoms with Crippen molar-refractivity contribution in [3.63, 3.8) is 0 Å². The van der Waals surface area contributed by atoms with Crippen LogP contribution in [0.2, 0.25) is 0 Å². The number of nitrogens with zero attached hydrogens (tertiary/aromatic N) is 1. The van der Waals surface area contributed by atoms with Crippen molar-refractivity contribution in [2.24, 2.45) is 17.3 Å². The van der Waals surface area contributed by atoms with E-state index >= 15 is 0 Å². The van der Waals surface area contributed by atoms with E-state index < -0.39 is 22.7 Å². The first-order chi connectivity index (χ1) is 11.3. The number of hydrogen-bond acceptors (Lipinski definition) is 5. The number of amides is 1. The Hall–Kier alpha value is -1.43. The molecule has 3 rings (SSSR count). The molecule has 1 amide bonds. The van der Waals surface area contributed by atoms with Crippen LogP contribution in [0.4, 0.5) is 0 Å². The number of carbonyl (C=O) groups is 3. The number of fused-ring (bicyclic) bond motifs is 1. The number of rotatable bonds is 5. The summed E-state index contributed by atoms with van der Waals surface area (Å²) in [4.78, 5) is 38.6. The zero-order valence-electron chi connectivity index (χ0n) is 15.0. The van der Waals surface area contributed by atoms with E-state index in [2.05, 4.69) is 6.92 Å². The number of ether oxygens (including phenoxy) is 2. The van der Waals surface area contributed by atoms with E-state index in [4.69, 9.17) is 9.47 Å². The lowest BCUT2D eigenvalue weighted by Gasteiger charge is -2.52. The van der Waals surface area contributed by atoms with Crippen LogP contribution in [-0.4, -0.2) is 47.5 Å². The van der Waals surface area contributed by atoms with Crippen LogP contribution in [0.3, 0.4) is 0 Å². The lowest BCUT2D eigenvalue weighted by atomic mass is 9.58. The first-order valence-electron chi connectivity index (χ1n) is 8.91. The highest BCUT2D eigenvalue weighted by molar-refractivity contribution is 6.10. The SMILES string of the molecule is CCOC(=O)[C@]12O[C@@]3(C[C@@H](C)CC[C@@H]3C1(C)C)N(CCC=O)C2=O. The molecule has 2 saturated heterocycles. The summed E-state index contributed by atoms with van der Waals surface area (Å²) in [5.41, 5.74) is -3.00. The Balaban J connectivity index is 2.11. The predicted molar refractivity (Wildman–Crippen MR) is 85.9 cm³/mol. The van der Waals surface area contributed by atoms with Crippen molar-refractivity contribution in [3.05, 3.63) is 0 Å². The molecule has 2 heterocycles. The van der Waals surface area contributed by atoms with Crippen molar-refractivity contribution in [3.8, 4) is 0 Å². The molecule has 3 aliphatic rings. The Morgan fingerprint density at radius 1 is 1.42 bits per heavy atom. The topological polar surface area (TPSA) is 72.9 Å². The molecule has 1 aliphatic carbocycles. The van der Waals surface area contributed by atoms with E-state index in [1.807, 2.05) is 13.8 Å². The van der Waals surface area contributed by atoms with E-state index in [-0.39, 0.29) is 24.9 Å². The zero-order valence-corrected chi connectivity index (χ0v) is 15.0. The molecular formula is C18H27NO5. The molecule has 134 valence electrons. The van der Waals surface area contributed by atoms with Gasteiger partial charge in [0, 0.05) is 24.3 Å². The van der Waals surface area contributed by atoms with Crippen LogP contribution in [0, 0.1) is 17.3 Å². The molecule has 6 nitrogen and oxygen atoms in total. The van der Waals surface area contributed by atoms with E-state index in [0.717, 1.165) is 19.1 Å². The fraction of sp³-hybridized carbons (Fsp3) is 0.833. The maximum absolute atomic E-state index is 13.3. The van der Waals surface area contributed by atoms with E-state index in [1.54, 1.807) is 11.8 Å². The van der Waals surface area contributed by atoms with Crippen LogP contribution in [0.15, 0.2) is 0 Å². The second-order valence-corrected chi connectivity index (χ2v) is 7.92. The second-order valence-electron chi connectivity index (χ2n) is 7.92. The Bertz CT molecular complexity index is 574. The van der Waals surface area contributed by atoms with Gasteiger partial charge in [-0.3, -0.25) is 4.79 Å². The van der Waals surface area contributed by atoms with Crippen LogP contribution in [0.25, 0.3) is 0 Å². The minimum atomic E-state index is -1.58. The molecule has 24 heavy (non-hydrogen) atoms. The lowest BCUT2D eigenvalue weighted by molar-refractivity contribution is -0.180. The molecule has 4 atom stereocenters. The molecule has 2 bridgehead atoms. The van der Waals surface area contributed by atoms with Gasteiger partial charge in [0.1, 0.15) is 12.0 Å². The fourth-order valence-corrected chi connectivity index (χ4v) is 5.23. The summed E-state index contributed by atoms with van der Waals surface area (Å²) in [6.07, 6.45) is 3.71. The summed E-state index contributed by atoms with van der Waals surface area (Å²) in [6.45, 7) is 8.26. The zero-order chi connectivity index (χ0) is 17.8. The Morgan fingerprint density at radius 2 is 2.12 bits per heavy atom. The van der Waals surface area contributed by atoms with Gasteiger partial charge in [-0.25, -0.2) is 4.79 Å². The maximum atomic E-state index is 13.3. The highest BCUT2D eigenvalue weighted by Gasteiger charge is 2.82. The molecule has 3 fully saturated rings. The highest BCUT2D eigenvalue weighted by Crippen LogP contribution is 2.67. The quantitative estimate of drug-likeness (QED) is 0.435. The number of piperidine rings is 1. The van der Waals surface area contributed by atoms with Gasteiger partial charge in [-0.2, -0.15) is 0 Å². The number of esters is 1. The summed E-state index contributed by atoms with van der Waals surface area (Å²) < 4.78 is 11.6. The molecule has 0 radical (unpaired) electrons. The fourth-order valence-electron chi connectivity index (χ4n) is 5.23. The molecule has 6 heteroatoms. The van der Waals surface area contributed by atoms with Crippen LogP contribution in [-0.2, 0) is 23.9 Å².